The summed E-state index contributed by atoms with van der Waals surface area (Å²) in [5.41, 5.74) is 3.20. The fourth-order valence-corrected chi connectivity index (χ4v) is 4.20. The molecule has 4 heterocycles. The average Bonchev–Trinajstić information content (AvgIpc) is 3.25. The molecule has 1 saturated heterocycles. The van der Waals surface area contributed by atoms with Gasteiger partial charge in [-0.2, -0.15) is 0 Å². The van der Waals surface area contributed by atoms with Crippen LogP contribution in [0.3, 0.4) is 0 Å². The molecule has 6 nitrogen and oxygen atoms in total. The number of rotatable bonds is 4. The summed E-state index contributed by atoms with van der Waals surface area (Å²) in [6, 6.07) is 4.29. The maximum absolute atomic E-state index is 4.91. The van der Waals surface area contributed by atoms with Gasteiger partial charge >= 0.3 is 0 Å². The second-order valence-corrected chi connectivity index (χ2v) is 7.81. The summed E-state index contributed by atoms with van der Waals surface area (Å²) >= 11 is 1.73. The molecule has 0 aromatic carbocycles. The van der Waals surface area contributed by atoms with E-state index in [0.29, 0.717) is 6.04 Å². The number of piperazine rings is 1. The van der Waals surface area contributed by atoms with E-state index in [4.69, 9.17) is 9.97 Å². The zero-order valence-electron chi connectivity index (χ0n) is 16.0. The first-order valence-corrected chi connectivity index (χ1v) is 10.2. The molecule has 1 aliphatic rings. The number of aromatic nitrogens is 4. The second-order valence-electron chi connectivity index (χ2n) is 6.89. The van der Waals surface area contributed by atoms with Crippen LogP contribution in [0, 0.1) is 13.8 Å². The third-order valence-electron chi connectivity index (χ3n) is 5.27. The summed E-state index contributed by atoms with van der Waals surface area (Å²) in [5.74, 6) is 1.82. The molecule has 4 rings (SSSR count). The van der Waals surface area contributed by atoms with Crippen molar-refractivity contribution >= 4 is 17.2 Å². The van der Waals surface area contributed by atoms with Gasteiger partial charge in [-0.25, -0.2) is 15.0 Å². The molecular weight excluding hydrogens is 356 g/mol. The molecule has 0 spiro atoms. The maximum Gasteiger partial charge on any atom is 0.161 e. The van der Waals surface area contributed by atoms with E-state index in [9.17, 15) is 0 Å². The first kappa shape index (κ1) is 18.0. The monoisotopic (exact) mass is 380 g/mol. The van der Waals surface area contributed by atoms with Gasteiger partial charge in [-0.3, -0.25) is 9.88 Å². The topological polar surface area (TPSA) is 58.0 Å². The minimum Gasteiger partial charge on any atom is -0.354 e. The van der Waals surface area contributed by atoms with E-state index in [1.165, 1.54) is 5.01 Å². The van der Waals surface area contributed by atoms with Gasteiger partial charge in [-0.1, -0.05) is 0 Å². The van der Waals surface area contributed by atoms with Crippen molar-refractivity contribution in [3.8, 4) is 11.4 Å². The number of hydrogen-bond donors (Lipinski definition) is 0. The van der Waals surface area contributed by atoms with E-state index in [2.05, 4.69) is 45.9 Å². The van der Waals surface area contributed by atoms with Crippen LogP contribution in [0.15, 0.2) is 36.1 Å². The molecule has 0 radical (unpaired) electrons. The SMILES string of the molecule is Cc1nc(-c2ccncc2)nc(N2CCN(C(C)c3nccs3)CC2)c1C. The number of thiazole rings is 1. The molecule has 0 N–H and O–H groups in total. The first-order valence-electron chi connectivity index (χ1n) is 9.27. The summed E-state index contributed by atoms with van der Waals surface area (Å²) in [6.45, 7) is 10.4. The maximum atomic E-state index is 4.91. The lowest BCUT2D eigenvalue weighted by molar-refractivity contribution is 0.198. The minimum atomic E-state index is 0.368. The number of pyridine rings is 1. The zero-order chi connectivity index (χ0) is 18.8. The van der Waals surface area contributed by atoms with E-state index >= 15 is 0 Å². The molecule has 140 valence electrons. The van der Waals surface area contributed by atoms with Crippen LogP contribution in [0.5, 0.6) is 0 Å². The van der Waals surface area contributed by atoms with Crippen LogP contribution in [0.4, 0.5) is 5.82 Å². The van der Waals surface area contributed by atoms with E-state index in [1.807, 2.05) is 18.3 Å². The molecule has 0 bridgehead atoms. The molecule has 3 aromatic rings. The lowest BCUT2D eigenvalue weighted by atomic mass is 10.1. The molecule has 0 amide bonds. The number of hydrogen-bond acceptors (Lipinski definition) is 7. The Bertz CT molecular complexity index is 888. The van der Waals surface area contributed by atoms with Crippen molar-refractivity contribution in [2.45, 2.75) is 26.8 Å². The summed E-state index contributed by atoms with van der Waals surface area (Å²) in [7, 11) is 0. The first-order chi connectivity index (χ1) is 13.1. The van der Waals surface area contributed by atoms with Gasteiger partial charge in [0.25, 0.3) is 0 Å². The highest BCUT2D eigenvalue weighted by atomic mass is 32.1. The van der Waals surface area contributed by atoms with Gasteiger partial charge in [0, 0.05) is 67.0 Å². The largest absolute Gasteiger partial charge is 0.354 e. The number of aryl methyl sites for hydroxylation is 1. The Labute approximate surface area is 163 Å². The highest BCUT2D eigenvalue weighted by Gasteiger charge is 2.25. The van der Waals surface area contributed by atoms with Gasteiger partial charge in [-0.05, 0) is 32.9 Å². The molecule has 0 saturated carbocycles. The number of anilines is 1. The van der Waals surface area contributed by atoms with E-state index < -0.39 is 0 Å². The third-order valence-corrected chi connectivity index (χ3v) is 6.22. The van der Waals surface area contributed by atoms with Crippen molar-refractivity contribution in [2.24, 2.45) is 0 Å². The zero-order valence-corrected chi connectivity index (χ0v) is 16.8. The van der Waals surface area contributed by atoms with Gasteiger partial charge < -0.3 is 4.90 Å². The molecule has 27 heavy (non-hydrogen) atoms. The van der Waals surface area contributed by atoms with Gasteiger partial charge in [0.15, 0.2) is 5.82 Å². The molecule has 3 aromatic heterocycles. The molecule has 7 heteroatoms. The summed E-state index contributed by atoms with van der Waals surface area (Å²) < 4.78 is 0. The van der Waals surface area contributed by atoms with Crippen LogP contribution in [-0.2, 0) is 0 Å². The van der Waals surface area contributed by atoms with Crippen LogP contribution in [0.1, 0.15) is 29.2 Å². The Morgan fingerprint density at radius 2 is 1.74 bits per heavy atom. The van der Waals surface area contributed by atoms with E-state index in [0.717, 1.165) is 54.6 Å². The van der Waals surface area contributed by atoms with Gasteiger partial charge in [0.1, 0.15) is 10.8 Å². The normalized spacial score (nSPS) is 16.5. The Morgan fingerprint density at radius 3 is 2.41 bits per heavy atom. The quantitative estimate of drug-likeness (QED) is 0.690. The molecular formula is C20H24N6S. The van der Waals surface area contributed by atoms with Crippen LogP contribution in [0.2, 0.25) is 0 Å². The Balaban J connectivity index is 1.53. The van der Waals surface area contributed by atoms with Crippen molar-refractivity contribution in [3.63, 3.8) is 0 Å². The molecule has 1 unspecified atom stereocenters. The molecule has 0 aliphatic carbocycles. The smallest absolute Gasteiger partial charge is 0.161 e. The lowest BCUT2D eigenvalue weighted by Gasteiger charge is -2.38. The predicted octanol–water partition coefficient (Wildman–Crippen LogP) is 3.50. The van der Waals surface area contributed by atoms with Gasteiger partial charge in [0.05, 0.1) is 6.04 Å². The van der Waals surface area contributed by atoms with Crippen LogP contribution >= 0.6 is 11.3 Å². The van der Waals surface area contributed by atoms with Crippen LogP contribution < -0.4 is 4.90 Å². The fraction of sp³-hybridized carbons (Fsp3) is 0.400. The fourth-order valence-electron chi connectivity index (χ4n) is 3.47. The molecule has 1 fully saturated rings. The van der Waals surface area contributed by atoms with Gasteiger partial charge in [-0.15, -0.1) is 11.3 Å². The van der Waals surface area contributed by atoms with Crippen molar-refractivity contribution in [3.05, 3.63) is 52.4 Å². The Kier molecular flexibility index (Phi) is 5.13. The highest BCUT2D eigenvalue weighted by molar-refractivity contribution is 7.09. The van der Waals surface area contributed by atoms with Crippen molar-refractivity contribution in [1.82, 2.24) is 24.8 Å². The third kappa shape index (κ3) is 3.70. The summed E-state index contributed by atoms with van der Waals surface area (Å²) in [4.78, 5) is 23.1. The summed E-state index contributed by atoms with van der Waals surface area (Å²) in [6.07, 6.45) is 5.46. The summed E-state index contributed by atoms with van der Waals surface area (Å²) in [5, 5.41) is 3.24. The average molecular weight is 381 g/mol. The molecule has 1 atom stereocenters. The highest BCUT2D eigenvalue weighted by Crippen LogP contribution is 2.28. The van der Waals surface area contributed by atoms with Crippen molar-refractivity contribution < 1.29 is 0 Å². The Morgan fingerprint density at radius 1 is 1.00 bits per heavy atom. The van der Waals surface area contributed by atoms with E-state index in [-0.39, 0.29) is 0 Å². The number of nitrogens with zero attached hydrogens (tertiary/aromatic N) is 6. The molecule has 1 aliphatic heterocycles. The standard InChI is InChI=1S/C20H24N6S/c1-14-15(2)23-18(17-4-6-21-7-5-17)24-19(14)26-11-9-25(10-12-26)16(3)20-22-8-13-27-20/h4-8,13,16H,9-12H2,1-3H3. The Hall–Kier alpha value is -2.38. The van der Waals surface area contributed by atoms with Crippen LogP contribution in [-0.4, -0.2) is 51.0 Å². The second kappa shape index (κ2) is 7.70. The predicted molar refractivity (Wildman–Crippen MR) is 109 cm³/mol. The lowest BCUT2D eigenvalue weighted by Crippen LogP contribution is -2.47. The van der Waals surface area contributed by atoms with Crippen LogP contribution in [0.25, 0.3) is 11.4 Å². The van der Waals surface area contributed by atoms with E-state index in [1.54, 1.807) is 23.7 Å². The van der Waals surface area contributed by atoms with Crippen molar-refractivity contribution in [1.29, 1.82) is 0 Å². The minimum absolute atomic E-state index is 0.368. The van der Waals surface area contributed by atoms with Crippen molar-refractivity contribution in [2.75, 3.05) is 31.1 Å². The van der Waals surface area contributed by atoms with Gasteiger partial charge in [0.2, 0.25) is 0 Å².